The molecule has 0 fully saturated rings. The number of rotatable bonds is 6. The number of halogens is 1. The topological polar surface area (TPSA) is 60.7 Å². The van der Waals surface area contributed by atoms with Crippen molar-refractivity contribution in [3.05, 3.63) is 70.4 Å². The largest absolute Gasteiger partial charge is 0.507 e. The van der Waals surface area contributed by atoms with Crippen molar-refractivity contribution in [2.45, 2.75) is 27.3 Å². The lowest BCUT2D eigenvalue weighted by Crippen LogP contribution is -2.12. The molecule has 31 heavy (non-hydrogen) atoms. The van der Waals surface area contributed by atoms with Crippen molar-refractivity contribution in [1.29, 1.82) is 0 Å². The molecule has 1 N–H and O–H groups in total. The highest BCUT2D eigenvalue weighted by atomic mass is 35.5. The van der Waals surface area contributed by atoms with E-state index in [1.165, 1.54) is 0 Å². The van der Waals surface area contributed by atoms with E-state index < -0.39 is 5.97 Å². The average molecular weight is 438 g/mol. The predicted octanol–water partition coefficient (Wildman–Crippen LogP) is 6.03. The van der Waals surface area contributed by atoms with Crippen LogP contribution in [0.25, 0.3) is 21.7 Å². The second kappa shape index (κ2) is 8.52. The molecule has 0 radical (unpaired) electrons. The summed E-state index contributed by atoms with van der Waals surface area (Å²) >= 11 is 6.04. The maximum absolute atomic E-state index is 12.8. The number of carbonyl (C=O) groups is 1. The number of phenols is 1. The van der Waals surface area contributed by atoms with Crippen molar-refractivity contribution in [1.82, 2.24) is 4.57 Å². The molecule has 0 aliphatic carbocycles. The summed E-state index contributed by atoms with van der Waals surface area (Å²) in [6.07, 6.45) is 0. The minimum absolute atomic E-state index is 0.138. The van der Waals surface area contributed by atoms with Crippen LogP contribution in [0.2, 0.25) is 5.02 Å². The lowest BCUT2D eigenvalue weighted by Gasteiger charge is -2.13. The molecule has 0 saturated carbocycles. The molecule has 160 valence electrons. The molecule has 0 unspecified atom stereocenters. The summed E-state index contributed by atoms with van der Waals surface area (Å²) in [6.45, 7) is 6.84. The Morgan fingerprint density at radius 3 is 2.52 bits per heavy atom. The van der Waals surface area contributed by atoms with E-state index in [0.717, 1.165) is 33.3 Å². The van der Waals surface area contributed by atoms with E-state index in [9.17, 15) is 9.90 Å². The van der Waals surface area contributed by atoms with E-state index in [2.05, 4.69) is 4.57 Å². The summed E-state index contributed by atoms with van der Waals surface area (Å²) in [6, 6.07) is 14.8. The minimum atomic E-state index is -0.395. The maximum Gasteiger partial charge on any atom is 0.340 e. The Balaban J connectivity index is 1.80. The van der Waals surface area contributed by atoms with Crippen LogP contribution in [0.15, 0.2) is 48.5 Å². The first kappa shape index (κ1) is 21.1. The molecule has 0 aliphatic rings. The standard InChI is InChI=1S/C25H24ClNO4/c1-4-30-25(29)23-16(3)27(11-12-31-22-10-9-17(26)13-15(22)2)24-19-8-6-5-7-18(19)21(28)14-20(23)24/h5-10,13-14,28H,4,11-12H2,1-3H3. The summed E-state index contributed by atoms with van der Waals surface area (Å²) < 4.78 is 13.4. The molecule has 6 heteroatoms. The second-order valence-corrected chi connectivity index (χ2v) is 7.86. The smallest absolute Gasteiger partial charge is 0.340 e. The summed E-state index contributed by atoms with van der Waals surface area (Å²) in [4.78, 5) is 12.8. The highest BCUT2D eigenvalue weighted by Crippen LogP contribution is 2.37. The van der Waals surface area contributed by atoms with Crippen molar-refractivity contribution >= 4 is 39.2 Å². The second-order valence-electron chi connectivity index (χ2n) is 7.43. The molecule has 0 amide bonds. The van der Waals surface area contributed by atoms with Crippen molar-refractivity contribution in [2.24, 2.45) is 0 Å². The number of aromatic nitrogens is 1. The zero-order chi connectivity index (χ0) is 22.1. The number of aromatic hydroxyl groups is 1. The van der Waals surface area contributed by atoms with Gasteiger partial charge in [-0.25, -0.2) is 4.79 Å². The number of carbonyl (C=O) groups excluding carboxylic acids is 1. The van der Waals surface area contributed by atoms with Crippen LogP contribution in [0.4, 0.5) is 0 Å². The molecule has 0 spiro atoms. The third-order valence-corrected chi connectivity index (χ3v) is 5.72. The van der Waals surface area contributed by atoms with Crippen LogP contribution in [0.1, 0.15) is 28.5 Å². The molecule has 1 aromatic heterocycles. The fraction of sp³-hybridized carbons (Fsp3) is 0.240. The first-order valence-corrected chi connectivity index (χ1v) is 10.6. The average Bonchev–Trinajstić information content (AvgIpc) is 3.01. The molecule has 4 aromatic rings. The summed E-state index contributed by atoms with van der Waals surface area (Å²) in [5.74, 6) is 0.512. The molecule has 1 heterocycles. The molecule has 4 rings (SSSR count). The zero-order valence-corrected chi connectivity index (χ0v) is 18.5. The number of aryl methyl sites for hydroxylation is 1. The molecule has 0 bridgehead atoms. The van der Waals surface area contributed by atoms with Crippen LogP contribution >= 0.6 is 11.6 Å². The Morgan fingerprint density at radius 1 is 1.06 bits per heavy atom. The van der Waals surface area contributed by atoms with E-state index in [1.54, 1.807) is 19.1 Å². The Hall–Kier alpha value is -3.18. The van der Waals surface area contributed by atoms with E-state index >= 15 is 0 Å². The fourth-order valence-corrected chi connectivity index (χ4v) is 4.31. The summed E-state index contributed by atoms with van der Waals surface area (Å²) in [5.41, 5.74) is 3.09. The number of hydrogen-bond donors (Lipinski definition) is 1. The molecule has 0 saturated heterocycles. The summed E-state index contributed by atoms with van der Waals surface area (Å²) in [7, 11) is 0. The Labute approximate surface area is 185 Å². The van der Waals surface area contributed by atoms with Gasteiger partial charge in [-0.05, 0) is 50.6 Å². The molecule has 0 atom stereocenters. The van der Waals surface area contributed by atoms with Crippen LogP contribution < -0.4 is 4.74 Å². The highest BCUT2D eigenvalue weighted by Gasteiger charge is 2.23. The van der Waals surface area contributed by atoms with Crippen LogP contribution in [0, 0.1) is 13.8 Å². The lowest BCUT2D eigenvalue weighted by atomic mass is 10.0. The lowest BCUT2D eigenvalue weighted by molar-refractivity contribution is 0.0527. The Bertz CT molecular complexity index is 1290. The normalized spacial score (nSPS) is 11.2. The number of fused-ring (bicyclic) bond motifs is 3. The Kier molecular flexibility index (Phi) is 5.79. The molecule has 5 nitrogen and oxygen atoms in total. The third kappa shape index (κ3) is 3.81. The van der Waals surface area contributed by atoms with Gasteiger partial charge in [-0.1, -0.05) is 35.9 Å². The van der Waals surface area contributed by atoms with E-state index in [-0.39, 0.29) is 12.4 Å². The van der Waals surface area contributed by atoms with Gasteiger partial charge in [0.15, 0.2) is 0 Å². The molecular formula is C25H24ClNO4. The van der Waals surface area contributed by atoms with Gasteiger partial charge in [0, 0.05) is 26.9 Å². The number of esters is 1. The number of ether oxygens (including phenoxy) is 2. The van der Waals surface area contributed by atoms with Crippen LogP contribution in [0.5, 0.6) is 11.5 Å². The van der Waals surface area contributed by atoms with Gasteiger partial charge in [-0.15, -0.1) is 0 Å². The predicted molar refractivity (Wildman–Crippen MR) is 123 cm³/mol. The Morgan fingerprint density at radius 2 is 1.81 bits per heavy atom. The van der Waals surface area contributed by atoms with Gasteiger partial charge < -0.3 is 19.1 Å². The number of nitrogens with zero attached hydrogens (tertiary/aromatic N) is 1. The van der Waals surface area contributed by atoms with E-state index in [0.29, 0.717) is 29.1 Å². The number of hydrogen-bond acceptors (Lipinski definition) is 4. The van der Waals surface area contributed by atoms with Crippen LogP contribution in [0.3, 0.4) is 0 Å². The highest BCUT2D eigenvalue weighted by molar-refractivity contribution is 6.30. The van der Waals surface area contributed by atoms with Crippen LogP contribution in [-0.4, -0.2) is 28.9 Å². The van der Waals surface area contributed by atoms with Gasteiger partial charge in [0.2, 0.25) is 0 Å². The molecular weight excluding hydrogens is 414 g/mol. The van der Waals surface area contributed by atoms with Gasteiger partial charge >= 0.3 is 5.97 Å². The van der Waals surface area contributed by atoms with E-state index in [4.69, 9.17) is 21.1 Å². The first-order chi connectivity index (χ1) is 14.9. The summed E-state index contributed by atoms with van der Waals surface area (Å²) in [5, 5.41) is 13.5. The first-order valence-electron chi connectivity index (χ1n) is 10.2. The number of benzene rings is 3. The van der Waals surface area contributed by atoms with Crippen molar-refractivity contribution < 1.29 is 19.4 Å². The van der Waals surface area contributed by atoms with Crippen molar-refractivity contribution in [3.63, 3.8) is 0 Å². The van der Waals surface area contributed by atoms with Crippen molar-refractivity contribution in [2.75, 3.05) is 13.2 Å². The van der Waals surface area contributed by atoms with E-state index in [1.807, 2.05) is 50.2 Å². The monoisotopic (exact) mass is 437 g/mol. The van der Waals surface area contributed by atoms with Crippen molar-refractivity contribution in [3.8, 4) is 11.5 Å². The maximum atomic E-state index is 12.8. The zero-order valence-electron chi connectivity index (χ0n) is 17.7. The van der Waals surface area contributed by atoms with Gasteiger partial charge in [0.05, 0.1) is 24.2 Å². The quantitative estimate of drug-likeness (QED) is 0.374. The van der Waals surface area contributed by atoms with Gasteiger partial charge in [-0.2, -0.15) is 0 Å². The van der Waals surface area contributed by atoms with Gasteiger partial charge in [0.1, 0.15) is 18.1 Å². The number of phenolic OH excluding ortho intramolecular Hbond substituents is 1. The molecule has 3 aromatic carbocycles. The van der Waals surface area contributed by atoms with Gasteiger partial charge in [0.25, 0.3) is 0 Å². The van der Waals surface area contributed by atoms with Crippen LogP contribution in [-0.2, 0) is 11.3 Å². The third-order valence-electron chi connectivity index (χ3n) is 5.49. The minimum Gasteiger partial charge on any atom is -0.507 e. The molecule has 0 aliphatic heterocycles. The van der Waals surface area contributed by atoms with Gasteiger partial charge in [-0.3, -0.25) is 0 Å². The fourth-order valence-electron chi connectivity index (χ4n) is 4.08. The SMILES string of the molecule is CCOC(=O)c1c(C)n(CCOc2ccc(Cl)cc2C)c2c1cc(O)c1ccccc12.